The van der Waals surface area contributed by atoms with Crippen molar-refractivity contribution in [3.63, 3.8) is 0 Å². The number of nitrogens with one attached hydrogen (secondary N) is 1. The molecule has 1 aromatic rings. The van der Waals surface area contributed by atoms with Gasteiger partial charge in [-0.2, -0.15) is 0 Å². The molecule has 3 heteroatoms. The van der Waals surface area contributed by atoms with E-state index in [2.05, 4.69) is 5.32 Å². The third-order valence-corrected chi connectivity index (χ3v) is 3.71. The average molecular weight is 247 g/mol. The summed E-state index contributed by atoms with van der Waals surface area (Å²) < 4.78 is 0. The van der Waals surface area contributed by atoms with E-state index in [-0.39, 0.29) is 11.8 Å². The highest BCUT2D eigenvalue weighted by Gasteiger charge is 2.34. The molecule has 18 heavy (non-hydrogen) atoms. The maximum Gasteiger partial charge on any atom is 0.223 e. The van der Waals surface area contributed by atoms with E-state index in [1.165, 1.54) is 5.56 Å². The lowest BCUT2D eigenvalue weighted by molar-refractivity contribution is -0.126. The van der Waals surface area contributed by atoms with E-state index in [1.807, 2.05) is 37.3 Å². The van der Waals surface area contributed by atoms with Crippen LogP contribution in [-0.2, 0) is 11.2 Å². The van der Waals surface area contributed by atoms with Crippen molar-refractivity contribution in [3.8, 4) is 0 Å². The zero-order valence-corrected chi connectivity index (χ0v) is 10.9. The van der Waals surface area contributed by atoms with Crippen LogP contribution in [0.1, 0.15) is 31.7 Å². The van der Waals surface area contributed by atoms with Crippen molar-refractivity contribution >= 4 is 5.91 Å². The van der Waals surface area contributed by atoms with Crippen molar-refractivity contribution in [1.82, 2.24) is 5.32 Å². The first-order chi connectivity index (χ1) is 8.59. The fraction of sp³-hybridized carbons (Fsp3) is 0.533. The van der Waals surface area contributed by atoms with Crippen LogP contribution in [-0.4, -0.2) is 23.2 Å². The number of carbonyl (C=O) groups is 1. The normalized spacial score (nSPS) is 18.8. The Labute approximate surface area is 108 Å². The van der Waals surface area contributed by atoms with Crippen LogP contribution in [0.4, 0.5) is 0 Å². The molecule has 0 aliphatic heterocycles. The van der Waals surface area contributed by atoms with Crippen molar-refractivity contribution < 1.29 is 9.90 Å². The van der Waals surface area contributed by atoms with Crippen LogP contribution in [0.3, 0.4) is 0 Å². The minimum atomic E-state index is -0.637. The summed E-state index contributed by atoms with van der Waals surface area (Å²) in [5.41, 5.74) is 0.532. The predicted octanol–water partition coefficient (Wildman–Crippen LogP) is 1.90. The third-order valence-electron chi connectivity index (χ3n) is 3.71. The molecule has 3 nitrogen and oxygen atoms in total. The fourth-order valence-electron chi connectivity index (χ4n) is 2.25. The first-order valence-electron chi connectivity index (χ1n) is 6.63. The van der Waals surface area contributed by atoms with Gasteiger partial charge in [-0.1, -0.05) is 37.3 Å². The lowest BCUT2D eigenvalue weighted by atomic mass is 9.80. The Morgan fingerprint density at radius 1 is 1.39 bits per heavy atom. The summed E-state index contributed by atoms with van der Waals surface area (Å²) in [6.45, 7) is 2.32. The summed E-state index contributed by atoms with van der Waals surface area (Å²) in [5, 5.41) is 12.8. The molecule has 98 valence electrons. The number of benzene rings is 1. The second-order valence-electron chi connectivity index (χ2n) is 5.39. The number of amides is 1. The number of carbonyl (C=O) groups excluding carboxylic acids is 1. The minimum absolute atomic E-state index is 0.0270. The van der Waals surface area contributed by atoms with E-state index in [9.17, 15) is 9.90 Å². The monoisotopic (exact) mass is 247 g/mol. The Morgan fingerprint density at radius 2 is 2.06 bits per heavy atom. The van der Waals surface area contributed by atoms with Gasteiger partial charge in [-0.05, 0) is 31.2 Å². The van der Waals surface area contributed by atoms with Gasteiger partial charge in [0.1, 0.15) is 0 Å². The summed E-state index contributed by atoms with van der Waals surface area (Å²) >= 11 is 0. The molecule has 1 amide bonds. The van der Waals surface area contributed by atoms with Crippen LogP contribution in [0.5, 0.6) is 0 Å². The molecule has 2 rings (SSSR count). The van der Waals surface area contributed by atoms with Gasteiger partial charge in [-0.15, -0.1) is 0 Å². The average Bonchev–Trinajstić information content (AvgIpc) is 2.34. The van der Waals surface area contributed by atoms with Crippen LogP contribution in [0, 0.1) is 5.92 Å². The highest BCUT2D eigenvalue weighted by atomic mass is 16.3. The number of hydrogen-bond donors (Lipinski definition) is 2. The zero-order chi connectivity index (χ0) is 13.0. The quantitative estimate of drug-likeness (QED) is 0.835. The molecule has 0 heterocycles. The van der Waals surface area contributed by atoms with Gasteiger partial charge in [0.05, 0.1) is 5.60 Å². The van der Waals surface area contributed by atoms with Gasteiger partial charge in [0.2, 0.25) is 5.91 Å². The fourth-order valence-corrected chi connectivity index (χ4v) is 2.25. The van der Waals surface area contributed by atoms with Gasteiger partial charge in [-0.3, -0.25) is 4.79 Å². The van der Waals surface area contributed by atoms with Gasteiger partial charge >= 0.3 is 0 Å². The van der Waals surface area contributed by atoms with Crippen LogP contribution in [0.25, 0.3) is 0 Å². The van der Waals surface area contributed by atoms with Crippen LogP contribution in [0.2, 0.25) is 0 Å². The maximum absolute atomic E-state index is 11.9. The van der Waals surface area contributed by atoms with Gasteiger partial charge in [-0.25, -0.2) is 0 Å². The van der Waals surface area contributed by atoms with Crippen LogP contribution >= 0.6 is 0 Å². The molecule has 1 fully saturated rings. The van der Waals surface area contributed by atoms with Gasteiger partial charge in [0.25, 0.3) is 0 Å². The standard InChI is InChI=1S/C15H21NO2/c1-12(10-13-6-3-2-4-7-13)14(17)16-11-15(18)8-5-9-15/h2-4,6-7,12,18H,5,8-11H2,1H3,(H,16,17). The first kappa shape index (κ1) is 13.1. The number of hydrogen-bond acceptors (Lipinski definition) is 2. The Bertz CT molecular complexity index is 398. The smallest absolute Gasteiger partial charge is 0.223 e. The lowest BCUT2D eigenvalue weighted by Gasteiger charge is -2.36. The summed E-state index contributed by atoms with van der Waals surface area (Å²) in [7, 11) is 0. The number of aliphatic hydroxyl groups is 1. The molecule has 1 aliphatic carbocycles. The van der Waals surface area contributed by atoms with Crippen molar-refractivity contribution in [2.24, 2.45) is 5.92 Å². The summed E-state index contributed by atoms with van der Waals surface area (Å²) in [6.07, 6.45) is 3.41. The van der Waals surface area contributed by atoms with E-state index >= 15 is 0 Å². The topological polar surface area (TPSA) is 49.3 Å². The van der Waals surface area contributed by atoms with Crippen LogP contribution in [0.15, 0.2) is 30.3 Å². The van der Waals surface area contributed by atoms with Crippen molar-refractivity contribution in [2.45, 2.75) is 38.2 Å². The largest absolute Gasteiger partial charge is 0.388 e. The Hall–Kier alpha value is -1.35. The van der Waals surface area contributed by atoms with Gasteiger partial charge < -0.3 is 10.4 Å². The molecular formula is C15H21NO2. The Kier molecular flexibility index (Phi) is 4.02. The zero-order valence-electron chi connectivity index (χ0n) is 10.9. The van der Waals surface area contributed by atoms with E-state index in [1.54, 1.807) is 0 Å². The number of rotatable bonds is 5. The highest BCUT2D eigenvalue weighted by Crippen LogP contribution is 2.30. The van der Waals surface area contributed by atoms with Crippen molar-refractivity contribution in [1.29, 1.82) is 0 Å². The molecule has 1 atom stereocenters. The van der Waals surface area contributed by atoms with E-state index < -0.39 is 5.60 Å². The molecule has 2 N–H and O–H groups in total. The van der Waals surface area contributed by atoms with E-state index in [0.717, 1.165) is 25.7 Å². The Balaban J connectivity index is 1.78. The van der Waals surface area contributed by atoms with E-state index in [0.29, 0.717) is 6.54 Å². The summed E-state index contributed by atoms with van der Waals surface area (Å²) in [5.74, 6) is -0.0322. The Morgan fingerprint density at radius 3 is 2.61 bits per heavy atom. The molecule has 0 radical (unpaired) electrons. The molecule has 0 saturated heterocycles. The first-order valence-corrected chi connectivity index (χ1v) is 6.63. The van der Waals surface area contributed by atoms with Gasteiger partial charge in [0, 0.05) is 12.5 Å². The summed E-state index contributed by atoms with van der Waals surface area (Å²) in [6, 6.07) is 10.0. The van der Waals surface area contributed by atoms with E-state index in [4.69, 9.17) is 0 Å². The molecule has 0 spiro atoms. The molecule has 1 aromatic carbocycles. The molecule has 0 aromatic heterocycles. The third kappa shape index (κ3) is 3.33. The molecular weight excluding hydrogens is 226 g/mol. The summed E-state index contributed by atoms with van der Waals surface area (Å²) in [4.78, 5) is 11.9. The molecule has 1 unspecified atom stereocenters. The lowest BCUT2D eigenvalue weighted by Crippen LogP contribution is -2.48. The van der Waals surface area contributed by atoms with Crippen LogP contribution < -0.4 is 5.32 Å². The molecule has 1 aliphatic rings. The molecule has 0 bridgehead atoms. The molecule has 1 saturated carbocycles. The maximum atomic E-state index is 11.9. The minimum Gasteiger partial charge on any atom is -0.388 e. The second kappa shape index (κ2) is 5.53. The van der Waals surface area contributed by atoms with Crippen molar-refractivity contribution in [3.05, 3.63) is 35.9 Å². The second-order valence-corrected chi connectivity index (χ2v) is 5.39. The predicted molar refractivity (Wildman–Crippen MR) is 71.1 cm³/mol. The highest BCUT2D eigenvalue weighted by molar-refractivity contribution is 5.78. The van der Waals surface area contributed by atoms with Gasteiger partial charge in [0.15, 0.2) is 0 Å². The van der Waals surface area contributed by atoms with Crippen molar-refractivity contribution in [2.75, 3.05) is 6.54 Å². The SMILES string of the molecule is CC(Cc1ccccc1)C(=O)NCC1(O)CCC1.